The van der Waals surface area contributed by atoms with E-state index in [-0.39, 0.29) is 17.9 Å². The van der Waals surface area contributed by atoms with Crippen molar-refractivity contribution in [3.63, 3.8) is 0 Å². The summed E-state index contributed by atoms with van der Waals surface area (Å²) in [6, 6.07) is 7.95. The van der Waals surface area contributed by atoms with Gasteiger partial charge in [0.2, 0.25) is 11.8 Å². The zero-order chi connectivity index (χ0) is 15.5. The molecule has 1 heterocycles. The average molecular weight is 302 g/mol. The lowest BCUT2D eigenvalue weighted by Crippen LogP contribution is -2.38. The van der Waals surface area contributed by atoms with Gasteiger partial charge in [-0.3, -0.25) is 9.59 Å². The smallest absolute Gasteiger partial charge is 0.225 e. The molecule has 1 atom stereocenters. The third-order valence-corrected chi connectivity index (χ3v) is 4.11. The van der Waals surface area contributed by atoms with Crippen molar-refractivity contribution in [2.75, 3.05) is 13.2 Å². The second kappa shape index (κ2) is 6.38. The molecule has 0 bridgehead atoms. The molecule has 0 radical (unpaired) electrons. The Balaban J connectivity index is 1.49. The van der Waals surface area contributed by atoms with Gasteiger partial charge in [0.1, 0.15) is 5.75 Å². The summed E-state index contributed by atoms with van der Waals surface area (Å²) in [4.78, 5) is 25.9. The number of rotatable bonds is 6. The van der Waals surface area contributed by atoms with E-state index in [1.54, 1.807) is 0 Å². The molecule has 1 unspecified atom stereocenters. The molecule has 1 saturated carbocycles. The number of benzene rings is 1. The molecule has 22 heavy (non-hydrogen) atoms. The highest BCUT2D eigenvalue weighted by atomic mass is 16.5. The van der Waals surface area contributed by atoms with E-state index >= 15 is 0 Å². The van der Waals surface area contributed by atoms with Crippen LogP contribution in [0.5, 0.6) is 5.75 Å². The number of carbonyl (C=O) groups excluding carboxylic acids is 2. The summed E-state index contributed by atoms with van der Waals surface area (Å²) in [5.74, 6) is 0.960. The van der Waals surface area contributed by atoms with Gasteiger partial charge in [-0.05, 0) is 37.5 Å². The fourth-order valence-corrected chi connectivity index (χ4v) is 2.90. The second-order valence-corrected chi connectivity index (χ2v) is 6.00. The highest BCUT2D eigenvalue weighted by molar-refractivity contribution is 5.83. The van der Waals surface area contributed by atoms with Gasteiger partial charge in [0, 0.05) is 19.0 Å². The van der Waals surface area contributed by atoms with Crippen molar-refractivity contribution in [3.8, 4) is 5.75 Å². The van der Waals surface area contributed by atoms with Crippen LogP contribution in [0.3, 0.4) is 0 Å². The maximum Gasteiger partial charge on any atom is 0.225 e. The predicted octanol–water partition coefficient (Wildman–Crippen LogP) is 1.51. The largest absolute Gasteiger partial charge is 0.494 e. The van der Waals surface area contributed by atoms with Crippen LogP contribution >= 0.6 is 0 Å². The molecular weight excluding hydrogens is 280 g/mol. The van der Waals surface area contributed by atoms with Gasteiger partial charge in [-0.2, -0.15) is 0 Å². The van der Waals surface area contributed by atoms with Crippen molar-refractivity contribution in [2.24, 2.45) is 0 Å². The Bertz CT molecular complexity index is 552. The minimum Gasteiger partial charge on any atom is -0.494 e. The average Bonchev–Trinajstić information content (AvgIpc) is 3.26. The minimum absolute atomic E-state index is 0.0281. The molecule has 0 spiro atoms. The van der Waals surface area contributed by atoms with Crippen LogP contribution in [0.1, 0.15) is 31.7 Å². The van der Waals surface area contributed by atoms with Gasteiger partial charge in [0.25, 0.3) is 0 Å². The molecule has 1 aliphatic carbocycles. The molecule has 5 heteroatoms. The Morgan fingerprint density at radius 2 is 2.05 bits per heavy atom. The number of hydrogen-bond donors (Lipinski definition) is 1. The number of hydrogen-bond acceptors (Lipinski definition) is 3. The first-order valence-corrected chi connectivity index (χ1v) is 7.96. The van der Waals surface area contributed by atoms with Crippen molar-refractivity contribution in [1.29, 1.82) is 0 Å². The first-order chi connectivity index (χ1) is 10.7. The molecule has 1 aromatic carbocycles. The van der Waals surface area contributed by atoms with Crippen molar-refractivity contribution >= 4 is 11.8 Å². The Kier molecular flexibility index (Phi) is 4.32. The zero-order valence-electron chi connectivity index (χ0n) is 12.9. The van der Waals surface area contributed by atoms with E-state index in [0.29, 0.717) is 32.0 Å². The summed E-state index contributed by atoms with van der Waals surface area (Å²) >= 11 is 0. The SMILES string of the molecule is CCOc1ccc(CC(=O)NC2CC(=O)N(C3CC3)C2)cc1. The summed E-state index contributed by atoms with van der Waals surface area (Å²) in [7, 11) is 0. The standard InChI is InChI=1S/C17H22N2O3/c1-2-22-15-7-3-12(4-8-15)9-16(20)18-13-10-17(21)19(11-13)14-5-6-14/h3-4,7-8,13-14H,2,5-6,9-11H2,1H3,(H,18,20). The van der Waals surface area contributed by atoms with E-state index in [2.05, 4.69) is 5.32 Å². The third kappa shape index (κ3) is 3.59. The Morgan fingerprint density at radius 3 is 2.68 bits per heavy atom. The molecular formula is C17H22N2O3. The summed E-state index contributed by atoms with van der Waals surface area (Å²) in [5.41, 5.74) is 0.948. The summed E-state index contributed by atoms with van der Waals surface area (Å²) < 4.78 is 5.38. The molecule has 1 aromatic rings. The van der Waals surface area contributed by atoms with Crippen molar-refractivity contribution in [1.82, 2.24) is 10.2 Å². The number of nitrogens with one attached hydrogen (secondary N) is 1. The fourth-order valence-electron chi connectivity index (χ4n) is 2.90. The van der Waals surface area contributed by atoms with Crippen molar-refractivity contribution in [3.05, 3.63) is 29.8 Å². The maximum atomic E-state index is 12.1. The molecule has 2 amide bonds. The highest BCUT2D eigenvalue weighted by Crippen LogP contribution is 2.30. The van der Waals surface area contributed by atoms with Gasteiger partial charge in [0.15, 0.2) is 0 Å². The molecule has 1 saturated heterocycles. The summed E-state index contributed by atoms with van der Waals surface area (Å²) in [5, 5.41) is 2.98. The van der Waals surface area contributed by atoms with Gasteiger partial charge in [-0.1, -0.05) is 12.1 Å². The Labute approximate surface area is 130 Å². The van der Waals surface area contributed by atoms with E-state index in [9.17, 15) is 9.59 Å². The molecule has 1 aliphatic heterocycles. The predicted molar refractivity (Wildman–Crippen MR) is 82.6 cm³/mol. The first-order valence-electron chi connectivity index (χ1n) is 7.96. The summed E-state index contributed by atoms with van der Waals surface area (Å²) in [6.45, 7) is 3.24. The normalized spacial score (nSPS) is 21.0. The van der Waals surface area contributed by atoms with E-state index in [1.165, 1.54) is 0 Å². The maximum absolute atomic E-state index is 12.1. The van der Waals surface area contributed by atoms with Crippen LogP contribution in [0.25, 0.3) is 0 Å². The van der Waals surface area contributed by atoms with Gasteiger partial charge in [-0.25, -0.2) is 0 Å². The van der Waals surface area contributed by atoms with Crippen LogP contribution in [-0.4, -0.2) is 41.9 Å². The lowest BCUT2D eigenvalue weighted by atomic mass is 10.1. The number of carbonyl (C=O) groups is 2. The van der Waals surface area contributed by atoms with Crippen LogP contribution < -0.4 is 10.1 Å². The lowest BCUT2D eigenvalue weighted by molar-refractivity contribution is -0.128. The highest BCUT2D eigenvalue weighted by Gasteiger charge is 2.39. The number of ether oxygens (including phenoxy) is 1. The topological polar surface area (TPSA) is 58.6 Å². The van der Waals surface area contributed by atoms with Gasteiger partial charge < -0.3 is 15.0 Å². The quantitative estimate of drug-likeness (QED) is 0.866. The van der Waals surface area contributed by atoms with Crippen LogP contribution in [0, 0.1) is 0 Å². The third-order valence-electron chi connectivity index (χ3n) is 4.11. The monoisotopic (exact) mass is 302 g/mol. The first kappa shape index (κ1) is 14.9. The van der Waals surface area contributed by atoms with Crippen LogP contribution in [0.2, 0.25) is 0 Å². The second-order valence-electron chi connectivity index (χ2n) is 6.00. The van der Waals surface area contributed by atoms with E-state index in [4.69, 9.17) is 4.74 Å². The minimum atomic E-state index is -0.0386. The van der Waals surface area contributed by atoms with Gasteiger partial charge in [0.05, 0.1) is 19.1 Å². The Morgan fingerprint density at radius 1 is 1.32 bits per heavy atom. The lowest BCUT2D eigenvalue weighted by Gasteiger charge is -2.16. The molecule has 5 nitrogen and oxygen atoms in total. The molecule has 2 fully saturated rings. The van der Waals surface area contributed by atoms with Crippen molar-refractivity contribution < 1.29 is 14.3 Å². The molecule has 118 valence electrons. The molecule has 3 rings (SSSR count). The molecule has 2 aliphatic rings. The summed E-state index contributed by atoms with van der Waals surface area (Å²) in [6.07, 6.45) is 2.99. The Hall–Kier alpha value is -2.04. The number of amides is 2. The van der Waals surface area contributed by atoms with Crippen LogP contribution in [-0.2, 0) is 16.0 Å². The zero-order valence-corrected chi connectivity index (χ0v) is 12.9. The van der Waals surface area contributed by atoms with E-state index < -0.39 is 0 Å². The van der Waals surface area contributed by atoms with E-state index in [1.807, 2.05) is 36.1 Å². The van der Waals surface area contributed by atoms with Gasteiger partial charge in [-0.15, -0.1) is 0 Å². The van der Waals surface area contributed by atoms with Crippen molar-refractivity contribution in [2.45, 2.75) is 44.7 Å². The van der Waals surface area contributed by atoms with Crippen LogP contribution in [0.15, 0.2) is 24.3 Å². The molecule has 0 aromatic heterocycles. The molecule has 1 N–H and O–H groups in total. The fraction of sp³-hybridized carbons (Fsp3) is 0.529. The number of nitrogens with zero attached hydrogens (tertiary/aromatic N) is 1. The van der Waals surface area contributed by atoms with Crippen LogP contribution in [0.4, 0.5) is 0 Å². The number of likely N-dealkylation sites (tertiary alicyclic amines) is 1. The van der Waals surface area contributed by atoms with E-state index in [0.717, 1.165) is 24.2 Å². The van der Waals surface area contributed by atoms with Gasteiger partial charge >= 0.3 is 0 Å².